The summed E-state index contributed by atoms with van der Waals surface area (Å²) < 4.78 is 10.9. The van der Waals surface area contributed by atoms with Crippen LogP contribution in [0.25, 0.3) is 0 Å². The molecule has 1 aromatic heterocycles. The molecule has 1 amide bonds. The number of rotatable bonds is 7. The summed E-state index contributed by atoms with van der Waals surface area (Å²) in [6.07, 6.45) is 6.67. The van der Waals surface area contributed by atoms with Crippen LogP contribution in [-0.2, 0) is 0 Å². The molecular weight excluding hydrogens is 348 g/mol. The minimum Gasteiger partial charge on any atom is -0.490 e. The highest BCUT2D eigenvalue weighted by atomic mass is 35.5. The summed E-state index contributed by atoms with van der Waals surface area (Å²) in [5.74, 6) is 2.96. The van der Waals surface area contributed by atoms with Crippen molar-refractivity contribution in [1.29, 1.82) is 0 Å². The first-order chi connectivity index (χ1) is 11.7. The van der Waals surface area contributed by atoms with Gasteiger partial charge in [0.25, 0.3) is 5.91 Å². The van der Waals surface area contributed by atoms with Crippen LogP contribution in [0, 0.1) is 12.3 Å². The minimum absolute atomic E-state index is 0.0874. The fraction of sp³-hybridized carbons (Fsp3) is 0.176. The number of ether oxygens (including phenoxy) is 2. The molecule has 1 heterocycles. The summed E-state index contributed by atoms with van der Waals surface area (Å²) in [5.41, 5.74) is 3.11. The number of benzene rings is 1. The van der Waals surface area contributed by atoms with Crippen molar-refractivity contribution in [3.63, 3.8) is 0 Å². The van der Waals surface area contributed by atoms with Crippen LogP contribution in [0.15, 0.2) is 34.7 Å². The number of terminal acetylenes is 1. The molecule has 0 bridgehead atoms. The van der Waals surface area contributed by atoms with Crippen molar-refractivity contribution in [3.05, 3.63) is 45.1 Å². The lowest BCUT2D eigenvalue weighted by Crippen LogP contribution is -2.16. The molecule has 7 heteroatoms. The number of thiophene rings is 1. The van der Waals surface area contributed by atoms with Crippen LogP contribution in [0.5, 0.6) is 11.5 Å². The Bertz CT molecular complexity index is 767. The second kappa shape index (κ2) is 8.96. The number of carbonyl (C=O) groups excluding carboxylic acids is 1. The van der Waals surface area contributed by atoms with Crippen LogP contribution in [0.3, 0.4) is 0 Å². The van der Waals surface area contributed by atoms with Crippen molar-refractivity contribution in [1.82, 2.24) is 5.43 Å². The molecular formula is C17H15ClN2O3S. The second-order valence-electron chi connectivity index (χ2n) is 4.43. The maximum atomic E-state index is 11.8. The maximum absolute atomic E-state index is 11.8. The molecule has 124 valence electrons. The number of carbonyl (C=O) groups is 1. The summed E-state index contributed by atoms with van der Waals surface area (Å²) in [4.78, 5) is 12.4. The summed E-state index contributed by atoms with van der Waals surface area (Å²) in [7, 11) is 0. The molecule has 0 saturated carbocycles. The highest BCUT2D eigenvalue weighted by Crippen LogP contribution is 2.36. The lowest BCUT2D eigenvalue weighted by Gasteiger charge is -2.12. The van der Waals surface area contributed by atoms with Gasteiger partial charge < -0.3 is 9.47 Å². The third-order valence-electron chi connectivity index (χ3n) is 2.76. The first-order valence-corrected chi connectivity index (χ1v) is 8.31. The van der Waals surface area contributed by atoms with Gasteiger partial charge in [-0.15, -0.1) is 17.8 Å². The van der Waals surface area contributed by atoms with Crippen LogP contribution < -0.4 is 14.9 Å². The van der Waals surface area contributed by atoms with Crippen molar-refractivity contribution in [2.24, 2.45) is 5.10 Å². The van der Waals surface area contributed by atoms with Gasteiger partial charge in [-0.1, -0.05) is 23.6 Å². The van der Waals surface area contributed by atoms with Crippen LogP contribution in [-0.4, -0.2) is 25.3 Å². The van der Waals surface area contributed by atoms with Gasteiger partial charge in [0.1, 0.15) is 6.61 Å². The van der Waals surface area contributed by atoms with Gasteiger partial charge in [-0.05, 0) is 36.1 Å². The standard InChI is InChI=1S/C17H15ClN2O3S/c1-3-7-23-16-13(18)9-12(10-14(16)22-4-2)11-19-20-17(21)15-6-5-8-24-15/h1,5-6,8-11H,4,7H2,2H3,(H,20,21)/b19-11+. The molecule has 0 saturated heterocycles. The van der Waals surface area contributed by atoms with Gasteiger partial charge in [0.15, 0.2) is 11.5 Å². The van der Waals surface area contributed by atoms with Crippen molar-refractivity contribution in [3.8, 4) is 23.8 Å². The monoisotopic (exact) mass is 362 g/mol. The summed E-state index contributed by atoms with van der Waals surface area (Å²) >= 11 is 7.55. The van der Waals surface area contributed by atoms with Crippen molar-refractivity contribution >= 4 is 35.1 Å². The first-order valence-electron chi connectivity index (χ1n) is 7.05. The van der Waals surface area contributed by atoms with E-state index in [2.05, 4.69) is 16.4 Å². The molecule has 0 aliphatic carbocycles. The molecule has 0 aliphatic rings. The van der Waals surface area contributed by atoms with E-state index in [4.69, 9.17) is 27.5 Å². The van der Waals surface area contributed by atoms with E-state index in [9.17, 15) is 4.79 Å². The van der Waals surface area contributed by atoms with E-state index in [1.54, 1.807) is 24.3 Å². The number of hydrazone groups is 1. The molecule has 1 N–H and O–H groups in total. The highest BCUT2D eigenvalue weighted by molar-refractivity contribution is 7.12. The van der Waals surface area contributed by atoms with E-state index in [0.29, 0.717) is 33.6 Å². The van der Waals surface area contributed by atoms with Crippen molar-refractivity contribution in [2.45, 2.75) is 6.92 Å². The molecule has 0 spiro atoms. The molecule has 0 radical (unpaired) electrons. The Kier molecular flexibility index (Phi) is 6.67. The number of nitrogens with zero attached hydrogens (tertiary/aromatic N) is 1. The Morgan fingerprint density at radius 3 is 3.00 bits per heavy atom. The predicted octanol–water partition coefficient (Wildman–Crippen LogP) is 3.58. The molecule has 24 heavy (non-hydrogen) atoms. The van der Waals surface area contributed by atoms with Gasteiger partial charge in [0.2, 0.25) is 0 Å². The summed E-state index contributed by atoms with van der Waals surface area (Å²) in [6, 6.07) is 6.88. The molecule has 1 aromatic carbocycles. The highest BCUT2D eigenvalue weighted by Gasteiger charge is 2.12. The lowest BCUT2D eigenvalue weighted by atomic mass is 10.2. The largest absolute Gasteiger partial charge is 0.490 e. The molecule has 2 rings (SSSR count). The summed E-state index contributed by atoms with van der Waals surface area (Å²) in [5, 5.41) is 6.10. The van der Waals surface area contributed by atoms with E-state index in [-0.39, 0.29) is 12.5 Å². The average molecular weight is 363 g/mol. The summed E-state index contributed by atoms with van der Waals surface area (Å²) in [6.45, 7) is 2.38. The molecule has 5 nitrogen and oxygen atoms in total. The Labute approximate surface area is 149 Å². The van der Waals surface area contributed by atoms with Gasteiger partial charge in [0.05, 0.1) is 22.7 Å². The van der Waals surface area contributed by atoms with Crippen LogP contribution in [0.2, 0.25) is 5.02 Å². The predicted molar refractivity (Wildman–Crippen MR) is 96.3 cm³/mol. The van der Waals surface area contributed by atoms with Gasteiger partial charge in [-0.3, -0.25) is 4.79 Å². The first kappa shape index (κ1) is 17.9. The quantitative estimate of drug-likeness (QED) is 0.465. The zero-order valence-corrected chi connectivity index (χ0v) is 14.5. The van der Waals surface area contributed by atoms with E-state index in [1.165, 1.54) is 17.6 Å². The van der Waals surface area contributed by atoms with Gasteiger partial charge in [0, 0.05) is 0 Å². The minimum atomic E-state index is -0.272. The Morgan fingerprint density at radius 2 is 2.33 bits per heavy atom. The van der Waals surface area contributed by atoms with Gasteiger partial charge in [-0.2, -0.15) is 5.10 Å². The molecule has 0 atom stereocenters. The van der Waals surface area contributed by atoms with E-state index in [0.717, 1.165) is 0 Å². The Balaban J connectivity index is 2.13. The lowest BCUT2D eigenvalue weighted by molar-refractivity contribution is 0.0959. The maximum Gasteiger partial charge on any atom is 0.281 e. The van der Waals surface area contributed by atoms with Crippen LogP contribution in [0.1, 0.15) is 22.2 Å². The van der Waals surface area contributed by atoms with E-state index in [1.807, 2.05) is 12.3 Å². The smallest absolute Gasteiger partial charge is 0.281 e. The van der Waals surface area contributed by atoms with E-state index >= 15 is 0 Å². The SMILES string of the molecule is C#CCOc1c(Cl)cc(/C=N/NC(=O)c2cccs2)cc1OCC. The average Bonchev–Trinajstić information content (AvgIpc) is 3.09. The van der Waals surface area contributed by atoms with Gasteiger partial charge in [-0.25, -0.2) is 5.43 Å². The Morgan fingerprint density at radius 1 is 1.50 bits per heavy atom. The molecule has 0 fully saturated rings. The normalized spacial score (nSPS) is 10.4. The number of halogens is 1. The zero-order valence-electron chi connectivity index (χ0n) is 12.9. The Hall–Kier alpha value is -2.49. The number of hydrogen-bond donors (Lipinski definition) is 1. The van der Waals surface area contributed by atoms with E-state index < -0.39 is 0 Å². The van der Waals surface area contributed by atoms with Crippen LogP contribution >= 0.6 is 22.9 Å². The fourth-order valence-electron chi connectivity index (χ4n) is 1.81. The third kappa shape index (κ3) is 4.75. The molecule has 0 aliphatic heterocycles. The number of amides is 1. The third-order valence-corrected chi connectivity index (χ3v) is 3.91. The number of hydrogen-bond acceptors (Lipinski definition) is 5. The second-order valence-corrected chi connectivity index (χ2v) is 5.79. The molecule has 2 aromatic rings. The van der Waals surface area contributed by atoms with Crippen molar-refractivity contribution in [2.75, 3.05) is 13.2 Å². The van der Waals surface area contributed by atoms with Crippen LogP contribution in [0.4, 0.5) is 0 Å². The topological polar surface area (TPSA) is 59.9 Å². The fourth-order valence-corrected chi connectivity index (χ4v) is 2.69. The van der Waals surface area contributed by atoms with Gasteiger partial charge >= 0.3 is 0 Å². The zero-order chi connectivity index (χ0) is 17.4. The molecule has 0 unspecified atom stereocenters. The number of nitrogens with one attached hydrogen (secondary N) is 1. The van der Waals surface area contributed by atoms with Crippen molar-refractivity contribution < 1.29 is 14.3 Å².